The number of anilines is 1. The molecule has 0 amide bonds. The third-order valence-corrected chi connectivity index (χ3v) is 2.24. The Morgan fingerprint density at radius 1 is 1.38 bits per heavy atom. The second-order valence-electron chi connectivity index (χ2n) is 3.52. The zero-order chi connectivity index (χ0) is 9.26. The molecule has 13 heavy (non-hydrogen) atoms. The highest BCUT2D eigenvalue weighted by molar-refractivity contribution is 5.99. The molecule has 2 rings (SSSR count). The Morgan fingerprint density at radius 3 is 2.69 bits per heavy atom. The van der Waals surface area contributed by atoms with E-state index in [1.165, 1.54) is 12.8 Å². The fourth-order valence-electron chi connectivity index (χ4n) is 1.36. The maximum Gasteiger partial charge on any atom is 0.161 e. The Hall–Kier alpha value is -1.31. The van der Waals surface area contributed by atoms with Gasteiger partial charge in [0.05, 0.1) is 0 Å². The topological polar surface area (TPSA) is 29.1 Å². The second kappa shape index (κ2) is 3.21. The molecule has 1 aliphatic rings. The summed E-state index contributed by atoms with van der Waals surface area (Å²) >= 11 is 0. The lowest BCUT2D eigenvalue weighted by atomic mass is 10.1. The Morgan fingerprint density at radius 2 is 2.08 bits per heavy atom. The monoisotopic (exact) mass is 175 g/mol. The molecule has 0 atom stereocenters. The van der Waals surface area contributed by atoms with E-state index in [9.17, 15) is 4.79 Å². The highest BCUT2D eigenvalue weighted by Crippen LogP contribution is 2.26. The molecule has 0 bridgehead atoms. The average Bonchev–Trinajstić information content (AvgIpc) is 2.89. The van der Waals surface area contributed by atoms with Crippen molar-refractivity contribution in [1.29, 1.82) is 0 Å². The Bertz CT molecular complexity index is 329. The summed E-state index contributed by atoms with van der Waals surface area (Å²) in [5.74, 6) is 0.128. The van der Waals surface area contributed by atoms with Crippen molar-refractivity contribution in [3.63, 3.8) is 0 Å². The standard InChI is InChI=1S/C11H13NO/c1-8(13)10-4-2-3-5-11(10)12-9-6-7-9/h2-5,9,12H,6-7H2,1H3. The highest BCUT2D eigenvalue weighted by atomic mass is 16.1. The number of benzene rings is 1. The molecule has 2 nitrogen and oxygen atoms in total. The van der Waals surface area contributed by atoms with Gasteiger partial charge in [-0.2, -0.15) is 0 Å². The van der Waals surface area contributed by atoms with Crippen molar-refractivity contribution < 1.29 is 4.79 Å². The van der Waals surface area contributed by atoms with Gasteiger partial charge in [0.15, 0.2) is 5.78 Å². The summed E-state index contributed by atoms with van der Waals surface area (Å²) < 4.78 is 0. The van der Waals surface area contributed by atoms with Crippen LogP contribution in [0.25, 0.3) is 0 Å². The van der Waals surface area contributed by atoms with Crippen LogP contribution in [0.1, 0.15) is 30.1 Å². The predicted molar refractivity (Wildman–Crippen MR) is 53.1 cm³/mol. The minimum Gasteiger partial charge on any atom is -0.382 e. The van der Waals surface area contributed by atoms with Crippen LogP contribution in [0.2, 0.25) is 0 Å². The first-order valence-electron chi connectivity index (χ1n) is 4.64. The van der Waals surface area contributed by atoms with Crippen LogP contribution in [0, 0.1) is 0 Å². The molecule has 1 aromatic carbocycles. The SMILES string of the molecule is CC(=O)c1ccccc1NC1CC1. The van der Waals surface area contributed by atoms with Crippen molar-refractivity contribution in [2.75, 3.05) is 5.32 Å². The first-order valence-corrected chi connectivity index (χ1v) is 4.64. The number of para-hydroxylation sites is 1. The minimum absolute atomic E-state index is 0.128. The fourth-order valence-corrected chi connectivity index (χ4v) is 1.36. The maximum atomic E-state index is 11.2. The van der Waals surface area contributed by atoms with E-state index in [4.69, 9.17) is 0 Å². The van der Waals surface area contributed by atoms with Crippen LogP contribution in [0.5, 0.6) is 0 Å². The van der Waals surface area contributed by atoms with Crippen molar-refractivity contribution in [2.24, 2.45) is 0 Å². The summed E-state index contributed by atoms with van der Waals surface area (Å²) in [6.07, 6.45) is 2.46. The fraction of sp³-hybridized carbons (Fsp3) is 0.364. The number of ketones is 1. The van der Waals surface area contributed by atoms with Crippen molar-refractivity contribution >= 4 is 11.5 Å². The molecule has 0 spiro atoms. The van der Waals surface area contributed by atoms with E-state index in [-0.39, 0.29) is 5.78 Å². The zero-order valence-electron chi connectivity index (χ0n) is 7.71. The van der Waals surface area contributed by atoms with Crippen LogP contribution in [-0.4, -0.2) is 11.8 Å². The average molecular weight is 175 g/mol. The minimum atomic E-state index is 0.128. The molecular formula is C11H13NO. The van der Waals surface area contributed by atoms with Crippen LogP contribution < -0.4 is 5.32 Å². The zero-order valence-corrected chi connectivity index (χ0v) is 7.71. The highest BCUT2D eigenvalue weighted by Gasteiger charge is 2.22. The van der Waals surface area contributed by atoms with Crippen LogP contribution in [0.4, 0.5) is 5.69 Å². The molecule has 2 heteroatoms. The molecule has 0 saturated heterocycles. The number of rotatable bonds is 3. The van der Waals surface area contributed by atoms with Gasteiger partial charge in [0, 0.05) is 17.3 Å². The summed E-state index contributed by atoms with van der Waals surface area (Å²) in [4.78, 5) is 11.2. The smallest absolute Gasteiger partial charge is 0.161 e. The van der Waals surface area contributed by atoms with Gasteiger partial charge in [0.25, 0.3) is 0 Å². The van der Waals surface area contributed by atoms with E-state index < -0.39 is 0 Å². The molecule has 1 fully saturated rings. The van der Waals surface area contributed by atoms with Crippen molar-refractivity contribution in [3.8, 4) is 0 Å². The normalized spacial score (nSPS) is 15.5. The van der Waals surface area contributed by atoms with Gasteiger partial charge >= 0.3 is 0 Å². The van der Waals surface area contributed by atoms with Crippen LogP contribution in [0.15, 0.2) is 24.3 Å². The number of carbonyl (C=O) groups excluding carboxylic acids is 1. The van der Waals surface area contributed by atoms with E-state index in [1.807, 2.05) is 24.3 Å². The lowest BCUT2D eigenvalue weighted by molar-refractivity contribution is 0.101. The van der Waals surface area contributed by atoms with Gasteiger partial charge in [-0.25, -0.2) is 0 Å². The molecule has 0 aliphatic heterocycles. The molecular weight excluding hydrogens is 162 g/mol. The molecule has 0 radical (unpaired) electrons. The Kier molecular flexibility index (Phi) is 2.05. The van der Waals surface area contributed by atoms with Crippen molar-refractivity contribution in [3.05, 3.63) is 29.8 Å². The van der Waals surface area contributed by atoms with E-state index in [0.29, 0.717) is 6.04 Å². The molecule has 1 aromatic rings. The summed E-state index contributed by atoms with van der Waals surface area (Å²) in [5.41, 5.74) is 1.78. The Labute approximate surface area is 78.0 Å². The predicted octanol–water partition coefficient (Wildman–Crippen LogP) is 2.46. The van der Waals surface area contributed by atoms with Crippen LogP contribution in [0.3, 0.4) is 0 Å². The van der Waals surface area contributed by atoms with E-state index >= 15 is 0 Å². The van der Waals surface area contributed by atoms with Crippen LogP contribution >= 0.6 is 0 Å². The summed E-state index contributed by atoms with van der Waals surface area (Å²) in [6, 6.07) is 8.29. The molecule has 68 valence electrons. The lowest BCUT2D eigenvalue weighted by Crippen LogP contribution is -2.05. The maximum absolute atomic E-state index is 11.2. The van der Waals surface area contributed by atoms with Crippen molar-refractivity contribution in [1.82, 2.24) is 0 Å². The van der Waals surface area contributed by atoms with Gasteiger partial charge in [-0.05, 0) is 31.9 Å². The first kappa shape index (κ1) is 8.30. The molecule has 0 unspecified atom stereocenters. The van der Waals surface area contributed by atoms with Gasteiger partial charge in [-0.3, -0.25) is 4.79 Å². The lowest BCUT2D eigenvalue weighted by Gasteiger charge is -2.08. The summed E-state index contributed by atoms with van der Waals surface area (Å²) in [5, 5.41) is 3.34. The van der Waals surface area contributed by atoms with Gasteiger partial charge < -0.3 is 5.32 Å². The van der Waals surface area contributed by atoms with Crippen molar-refractivity contribution in [2.45, 2.75) is 25.8 Å². The summed E-state index contributed by atoms with van der Waals surface area (Å²) in [6.45, 7) is 1.60. The quantitative estimate of drug-likeness (QED) is 0.715. The second-order valence-corrected chi connectivity index (χ2v) is 3.52. The largest absolute Gasteiger partial charge is 0.382 e. The number of carbonyl (C=O) groups is 1. The van der Waals surface area contributed by atoms with Gasteiger partial charge in [-0.15, -0.1) is 0 Å². The van der Waals surface area contributed by atoms with Crippen LogP contribution in [-0.2, 0) is 0 Å². The summed E-state index contributed by atoms with van der Waals surface area (Å²) in [7, 11) is 0. The first-order chi connectivity index (χ1) is 6.27. The molecule has 0 heterocycles. The number of hydrogen-bond donors (Lipinski definition) is 1. The molecule has 1 aliphatic carbocycles. The number of Topliss-reactive ketones (excluding diaryl/α,β-unsaturated/α-hetero) is 1. The third-order valence-electron chi connectivity index (χ3n) is 2.24. The van der Waals surface area contributed by atoms with E-state index in [0.717, 1.165) is 11.3 Å². The van der Waals surface area contributed by atoms with E-state index in [2.05, 4.69) is 5.32 Å². The van der Waals surface area contributed by atoms with E-state index in [1.54, 1.807) is 6.92 Å². The number of hydrogen-bond acceptors (Lipinski definition) is 2. The number of nitrogens with one attached hydrogen (secondary N) is 1. The van der Waals surface area contributed by atoms with Gasteiger partial charge in [0.1, 0.15) is 0 Å². The molecule has 1 N–H and O–H groups in total. The van der Waals surface area contributed by atoms with Gasteiger partial charge in [-0.1, -0.05) is 12.1 Å². The van der Waals surface area contributed by atoms with Gasteiger partial charge in [0.2, 0.25) is 0 Å². The molecule has 1 saturated carbocycles. The third kappa shape index (κ3) is 1.89. The Balaban J connectivity index is 2.25. The molecule has 0 aromatic heterocycles.